The molecule has 2 aromatic rings. The number of para-hydroxylation sites is 1. The minimum atomic E-state index is -0.588. The molecule has 0 fully saturated rings. The Kier molecular flexibility index (Phi) is 6.29. The molecule has 0 bridgehead atoms. The lowest BCUT2D eigenvalue weighted by molar-refractivity contribution is -0.127. The molecule has 2 aromatic carbocycles. The largest absolute Gasteiger partial charge is 0.491 e. The van der Waals surface area contributed by atoms with Gasteiger partial charge < -0.3 is 14.8 Å². The fraction of sp³-hybridized carbons (Fsp3) is 0.278. The molecule has 4 nitrogen and oxygen atoms in total. The Labute approximate surface area is 141 Å². The van der Waals surface area contributed by atoms with Crippen molar-refractivity contribution in [2.24, 2.45) is 0 Å². The number of amides is 1. The lowest BCUT2D eigenvalue weighted by Gasteiger charge is -2.15. The van der Waals surface area contributed by atoms with Gasteiger partial charge in [0.15, 0.2) is 6.10 Å². The molecule has 1 atom stereocenters. The molecule has 0 aromatic heterocycles. The molecular weight excluding hydrogens is 314 g/mol. The quantitative estimate of drug-likeness (QED) is 0.787. The maximum absolute atomic E-state index is 12.0. The fourth-order valence-electron chi connectivity index (χ4n) is 1.97. The van der Waals surface area contributed by atoms with Gasteiger partial charge in [-0.2, -0.15) is 0 Å². The summed E-state index contributed by atoms with van der Waals surface area (Å²) in [5, 5.41) is 3.42. The zero-order valence-corrected chi connectivity index (χ0v) is 14.0. The summed E-state index contributed by atoms with van der Waals surface area (Å²) in [6.45, 7) is 4.51. The van der Waals surface area contributed by atoms with Crippen molar-refractivity contribution >= 4 is 17.5 Å². The second-order valence-corrected chi connectivity index (χ2v) is 5.56. The van der Waals surface area contributed by atoms with Gasteiger partial charge in [0.05, 0.1) is 6.54 Å². The van der Waals surface area contributed by atoms with Crippen LogP contribution in [-0.2, 0) is 4.79 Å². The van der Waals surface area contributed by atoms with Gasteiger partial charge >= 0.3 is 0 Å². The summed E-state index contributed by atoms with van der Waals surface area (Å²) in [6, 6.07) is 14.7. The van der Waals surface area contributed by atoms with Crippen molar-refractivity contribution in [3.05, 3.63) is 59.1 Å². The highest BCUT2D eigenvalue weighted by Crippen LogP contribution is 2.17. The summed E-state index contributed by atoms with van der Waals surface area (Å²) in [5.74, 6) is 1.24. The summed E-state index contributed by atoms with van der Waals surface area (Å²) in [7, 11) is 0. The molecule has 0 radical (unpaired) electrons. The number of rotatable bonds is 7. The van der Waals surface area contributed by atoms with Crippen molar-refractivity contribution in [3.8, 4) is 11.5 Å². The van der Waals surface area contributed by atoms with E-state index in [1.807, 2.05) is 31.2 Å². The second-order valence-electron chi connectivity index (χ2n) is 5.12. The van der Waals surface area contributed by atoms with Crippen molar-refractivity contribution in [1.82, 2.24) is 5.32 Å². The topological polar surface area (TPSA) is 47.6 Å². The standard InChI is InChI=1S/C18H20ClNO3/c1-13-5-3-4-6-17(13)22-12-11-20-18(21)14(2)23-16-9-7-15(19)8-10-16/h3-10,14H,11-12H2,1-2H3,(H,20,21)/t14-/m1/s1. The van der Waals surface area contributed by atoms with Crippen LogP contribution in [0.2, 0.25) is 5.02 Å². The van der Waals surface area contributed by atoms with Crippen molar-refractivity contribution in [1.29, 1.82) is 0 Å². The Bertz CT molecular complexity index is 643. The van der Waals surface area contributed by atoms with Crippen LogP contribution in [0.15, 0.2) is 48.5 Å². The van der Waals surface area contributed by atoms with E-state index in [1.54, 1.807) is 31.2 Å². The van der Waals surface area contributed by atoms with Crippen LogP contribution in [0.3, 0.4) is 0 Å². The highest BCUT2D eigenvalue weighted by Gasteiger charge is 2.14. The summed E-state index contributed by atoms with van der Waals surface area (Å²) >= 11 is 5.81. The lowest BCUT2D eigenvalue weighted by atomic mass is 10.2. The molecule has 2 rings (SSSR count). The van der Waals surface area contributed by atoms with E-state index in [-0.39, 0.29) is 5.91 Å². The molecule has 0 spiro atoms. The smallest absolute Gasteiger partial charge is 0.260 e. The van der Waals surface area contributed by atoms with Crippen LogP contribution in [0.1, 0.15) is 12.5 Å². The van der Waals surface area contributed by atoms with Gasteiger partial charge in [-0.15, -0.1) is 0 Å². The van der Waals surface area contributed by atoms with Gasteiger partial charge in [0.1, 0.15) is 18.1 Å². The highest BCUT2D eigenvalue weighted by molar-refractivity contribution is 6.30. The van der Waals surface area contributed by atoms with Gasteiger partial charge in [0.2, 0.25) is 0 Å². The van der Waals surface area contributed by atoms with E-state index in [0.717, 1.165) is 11.3 Å². The molecule has 0 aliphatic rings. The minimum absolute atomic E-state index is 0.187. The number of ether oxygens (including phenoxy) is 2. The predicted octanol–water partition coefficient (Wildman–Crippen LogP) is 3.61. The number of carbonyl (C=O) groups is 1. The van der Waals surface area contributed by atoms with E-state index in [9.17, 15) is 4.79 Å². The highest BCUT2D eigenvalue weighted by atomic mass is 35.5. The van der Waals surface area contributed by atoms with Gasteiger partial charge in [-0.1, -0.05) is 29.8 Å². The summed E-state index contributed by atoms with van der Waals surface area (Å²) < 4.78 is 11.2. The van der Waals surface area contributed by atoms with Gasteiger partial charge in [-0.3, -0.25) is 4.79 Å². The number of carbonyl (C=O) groups excluding carboxylic acids is 1. The van der Waals surface area contributed by atoms with Gasteiger partial charge in [0.25, 0.3) is 5.91 Å². The number of hydrogen-bond acceptors (Lipinski definition) is 3. The Morgan fingerprint density at radius 1 is 1.17 bits per heavy atom. The molecular formula is C18H20ClNO3. The zero-order chi connectivity index (χ0) is 16.7. The SMILES string of the molecule is Cc1ccccc1OCCNC(=O)[C@@H](C)Oc1ccc(Cl)cc1. The molecule has 0 heterocycles. The Balaban J connectivity index is 1.72. The molecule has 0 saturated carbocycles. The van der Waals surface area contributed by atoms with Crippen LogP contribution in [0.25, 0.3) is 0 Å². The molecule has 5 heteroatoms. The number of aryl methyl sites for hydroxylation is 1. The molecule has 0 unspecified atom stereocenters. The first kappa shape index (κ1) is 17.2. The van der Waals surface area contributed by atoms with E-state index >= 15 is 0 Å². The van der Waals surface area contributed by atoms with Gasteiger partial charge in [-0.05, 0) is 49.7 Å². The minimum Gasteiger partial charge on any atom is -0.491 e. The van der Waals surface area contributed by atoms with E-state index in [0.29, 0.717) is 23.9 Å². The third kappa shape index (κ3) is 5.49. The van der Waals surface area contributed by atoms with Crippen LogP contribution in [0.5, 0.6) is 11.5 Å². The maximum Gasteiger partial charge on any atom is 0.260 e. The predicted molar refractivity (Wildman–Crippen MR) is 91.2 cm³/mol. The van der Waals surface area contributed by atoms with Crippen molar-refractivity contribution in [2.75, 3.05) is 13.2 Å². The van der Waals surface area contributed by atoms with Gasteiger partial charge in [-0.25, -0.2) is 0 Å². The summed E-state index contributed by atoms with van der Waals surface area (Å²) in [6.07, 6.45) is -0.588. The van der Waals surface area contributed by atoms with Crippen LogP contribution >= 0.6 is 11.6 Å². The lowest BCUT2D eigenvalue weighted by Crippen LogP contribution is -2.38. The summed E-state index contributed by atoms with van der Waals surface area (Å²) in [4.78, 5) is 12.0. The molecule has 23 heavy (non-hydrogen) atoms. The third-order valence-corrected chi connectivity index (χ3v) is 3.50. The Morgan fingerprint density at radius 2 is 1.87 bits per heavy atom. The van der Waals surface area contributed by atoms with E-state index in [2.05, 4.69) is 5.32 Å². The number of hydrogen-bond donors (Lipinski definition) is 1. The summed E-state index contributed by atoms with van der Waals surface area (Å²) in [5.41, 5.74) is 1.07. The first-order chi connectivity index (χ1) is 11.1. The first-order valence-electron chi connectivity index (χ1n) is 7.44. The Hall–Kier alpha value is -2.20. The zero-order valence-electron chi connectivity index (χ0n) is 13.2. The number of benzene rings is 2. The molecule has 1 amide bonds. The third-order valence-electron chi connectivity index (χ3n) is 3.25. The normalized spacial score (nSPS) is 11.6. The van der Waals surface area contributed by atoms with Crippen molar-refractivity contribution < 1.29 is 14.3 Å². The molecule has 0 saturated heterocycles. The first-order valence-corrected chi connectivity index (χ1v) is 7.82. The fourth-order valence-corrected chi connectivity index (χ4v) is 2.09. The van der Waals surface area contributed by atoms with Crippen LogP contribution in [-0.4, -0.2) is 25.2 Å². The molecule has 0 aliphatic carbocycles. The van der Waals surface area contributed by atoms with Crippen molar-refractivity contribution in [3.63, 3.8) is 0 Å². The van der Waals surface area contributed by atoms with E-state index in [1.165, 1.54) is 0 Å². The average molecular weight is 334 g/mol. The number of halogens is 1. The van der Waals surface area contributed by atoms with E-state index < -0.39 is 6.10 Å². The molecule has 122 valence electrons. The molecule has 1 N–H and O–H groups in total. The average Bonchev–Trinajstić information content (AvgIpc) is 2.55. The number of nitrogens with one attached hydrogen (secondary N) is 1. The Morgan fingerprint density at radius 3 is 2.57 bits per heavy atom. The van der Waals surface area contributed by atoms with Crippen LogP contribution < -0.4 is 14.8 Å². The van der Waals surface area contributed by atoms with Gasteiger partial charge in [0, 0.05) is 5.02 Å². The molecule has 0 aliphatic heterocycles. The van der Waals surface area contributed by atoms with Crippen molar-refractivity contribution in [2.45, 2.75) is 20.0 Å². The second kappa shape index (κ2) is 8.44. The maximum atomic E-state index is 12.0. The van der Waals surface area contributed by atoms with Crippen LogP contribution in [0.4, 0.5) is 0 Å². The van der Waals surface area contributed by atoms with Crippen LogP contribution in [0, 0.1) is 6.92 Å². The monoisotopic (exact) mass is 333 g/mol. The van der Waals surface area contributed by atoms with E-state index in [4.69, 9.17) is 21.1 Å².